The van der Waals surface area contributed by atoms with Gasteiger partial charge in [0.25, 0.3) is 0 Å². The Balaban J connectivity index is 2.02. The lowest BCUT2D eigenvalue weighted by molar-refractivity contribution is 0.112. The number of rotatable bonds is 4. The second-order valence-electron chi connectivity index (χ2n) is 3.90. The van der Waals surface area contributed by atoms with E-state index >= 15 is 0 Å². The standard InChI is InChI=1S/C15H14OS/c1-12-4-2-3-5-14(12)11-17-15-8-6-13(10-16)7-9-15/h2-10H,11H2,1H3. The Kier molecular flexibility index (Phi) is 3.99. The van der Waals surface area contributed by atoms with E-state index in [0.29, 0.717) is 0 Å². The highest BCUT2D eigenvalue weighted by atomic mass is 32.2. The largest absolute Gasteiger partial charge is 0.298 e. The molecule has 0 atom stereocenters. The minimum Gasteiger partial charge on any atom is -0.298 e. The molecule has 0 aliphatic heterocycles. The van der Waals surface area contributed by atoms with Gasteiger partial charge >= 0.3 is 0 Å². The number of aryl methyl sites for hydroxylation is 1. The fourth-order valence-electron chi connectivity index (χ4n) is 1.58. The third-order valence-electron chi connectivity index (χ3n) is 2.67. The van der Waals surface area contributed by atoms with E-state index in [0.717, 1.165) is 17.6 Å². The summed E-state index contributed by atoms with van der Waals surface area (Å²) in [4.78, 5) is 11.7. The number of hydrogen-bond acceptors (Lipinski definition) is 2. The van der Waals surface area contributed by atoms with Crippen LogP contribution in [0.3, 0.4) is 0 Å². The summed E-state index contributed by atoms with van der Waals surface area (Å²) < 4.78 is 0. The second kappa shape index (κ2) is 5.69. The normalized spacial score (nSPS) is 10.2. The van der Waals surface area contributed by atoms with E-state index in [1.165, 1.54) is 16.0 Å². The molecule has 0 saturated heterocycles. The van der Waals surface area contributed by atoms with E-state index in [4.69, 9.17) is 0 Å². The lowest BCUT2D eigenvalue weighted by atomic mass is 10.1. The van der Waals surface area contributed by atoms with Crippen molar-refractivity contribution in [2.45, 2.75) is 17.6 Å². The Morgan fingerprint density at radius 1 is 1.06 bits per heavy atom. The Bertz CT molecular complexity index is 503. The lowest BCUT2D eigenvalue weighted by Crippen LogP contribution is -1.85. The van der Waals surface area contributed by atoms with E-state index in [-0.39, 0.29) is 0 Å². The molecule has 0 amide bonds. The van der Waals surface area contributed by atoms with E-state index in [1.807, 2.05) is 24.3 Å². The molecule has 17 heavy (non-hydrogen) atoms. The number of benzene rings is 2. The molecule has 0 spiro atoms. The van der Waals surface area contributed by atoms with Crippen LogP contribution in [-0.4, -0.2) is 6.29 Å². The molecule has 0 aliphatic carbocycles. The number of aldehydes is 1. The molecule has 2 aromatic rings. The minimum absolute atomic E-state index is 0.727. The van der Waals surface area contributed by atoms with Gasteiger partial charge < -0.3 is 0 Å². The molecule has 2 rings (SSSR count). The predicted molar refractivity (Wildman–Crippen MR) is 72.6 cm³/mol. The van der Waals surface area contributed by atoms with Crippen molar-refractivity contribution < 1.29 is 4.79 Å². The first-order chi connectivity index (χ1) is 8.29. The first-order valence-electron chi connectivity index (χ1n) is 5.52. The van der Waals surface area contributed by atoms with Gasteiger partial charge in [0, 0.05) is 16.2 Å². The van der Waals surface area contributed by atoms with E-state index < -0.39 is 0 Å². The maximum atomic E-state index is 10.5. The average Bonchev–Trinajstić information content (AvgIpc) is 2.38. The van der Waals surface area contributed by atoms with Gasteiger partial charge in [-0.25, -0.2) is 0 Å². The van der Waals surface area contributed by atoms with Crippen LogP contribution in [0.5, 0.6) is 0 Å². The summed E-state index contributed by atoms with van der Waals surface area (Å²) in [5.74, 6) is 0.965. The highest BCUT2D eigenvalue weighted by Gasteiger charge is 1.99. The van der Waals surface area contributed by atoms with Crippen LogP contribution in [0.4, 0.5) is 0 Å². The van der Waals surface area contributed by atoms with Gasteiger partial charge in [0.2, 0.25) is 0 Å². The monoisotopic (exact) mass is 242 g/mol. The van der Waals surface area contributed by atoms with Gasteiger partial charge in [-0.15, -0.1) is 11.8 Å². The fraction of sp³-hybridized carbons (Fsp3) is 0.133. The van der Waals surface area contributed by atoms with Gasteiger partial charge in [0.1, 0.15) is 6.29 Å². The highest BCUT2D eigenvalue weighted by molar-refractivity contribution is 7.98. The zero-order valence-corrected chi connectivity index (χ0v) is 10.5. The van der Waals surface area contributed by atoms with Gasteiger partial charge in [-0.1, -0.05) is 36.4 Å². The van der Waals surface area contributed by atoms with Gasteiger partial charge in [-0.3, -0.25) is 4.79 Å². The molecule has 0 unspecified atom stereocenters. The third-order valence-corrected chi connectivity index (χ3v) is 3.73. The summed E-state index contributed by atoms with van der Waals surface area (Å²) in [7, 11) is 0. The van der Waals surface area contributed by atoms with Crippen LogP contribution < -0.4 is 0 Å². The van der Waals surface area contributed by atoms with Gasteiger partial charge in [0.05, 0.1) is 0 Å². The molecule has 86 valence electrons. The predicted octanol–water partition coefficient (Wildman–Crippen LogP) is 4.10. The summed E-state index contributed by atoms with van der Waals surface area (Å²) in [6.45, 7) is 2.13. The van der Waals surface area contributed by atoms with Gasteiger partial charge in [-0.05, 0) is 30.2 Å². The summed E-state index contributed by atoms with van der Waals surface area (Å²) in [5, 5.41) is 0. The lowest BCUT2D eigenvalue weighted by Gasteiger charge is -2.05. The third kappa shape index (κ3) is 3.21. The molecule has 0 bridgehead atoms. The van der Waals surface area contributed by atoms with Crippen LogP contribution in [0, 0.1) is 6.92 Å². The van der Waals surface area contributed by atoms with Crippen LogP contribution >= 0.6 is 11.8 Å². The van der Waals surface area contributed by atoms with Gasteiger partial charge in [0.15, 0.2) is 0 Å². The van der Waals surface area contributed by atoms with Crippen molar-refractivity contribution >= 4 is 18.0 Å². The van der Waals surface area contributed by atoms with Crippen molar-refractivity contribution in [3.8, 4) is 0 Å². The zero-order valence-electron chi connectivity index (χ0n) is 9.72. The smallest absolute Gasteiger partial charge is 0.150 e. The van der Waals surface area contributed by atoms with Crippen LogP contribution in [0.15, 0.2) is 53.4 Å². The Morgan fingerprint density at radius 2 is 1.76 bits per heavy atom. The Hall–Kier alpha value is -1.54. The van der Waals surface area contributed by atoms with E-state index in [2.05, 4.69) is 31.2 Å². The molecule has 2 aromatic carbocycles. The maximum Gasteiger partial charge on any atom is 0.150 e. The van der Waals surface area contributed by atoms with E-state index in [9.17, 15) is 4.79 Å². The minimum atomic E-state index is 0.727. The van der Waals surface area contributed by atoms with Crippen molar-refractivity contribution in [2.75, 3.05) is 0 Å². The van der Waals surface area contributed by atoms with Crippen LogP contribution in [0.2, 0.25) is 0 Å². The van der Waals surface area contributed by atoms with E-state index in [1.54, 1.807) is 11.8 Å². The summed E-state index contributed by atoms with van der Waals surface area (Å²) >= 11 is 1.79. The van der Waals surface area contributed by atoms with Crippen molar-refractivity contribution in [3.05, 3.63) is 65.2 Å². The molecule has 0 N–H and O–H groups in total. The SMILES string of the molecule is Cc1ccccc1CSc1ccc(C=O)cc1. The van der Waals surface area contributed by atoms with Crippen LogP contribution in [-0.2, 0) is 5.75 Å². The Morgan fingerprint density at radius 3 is 2.41 bits per heavy atom. The fourth-order valence-corrected chi connectivity index (χ4v) is 2.55. The molecule has 0 aromatic heterocycles. The number of carbonyl (C=O) groups is 1. The molecular weight excluding hydrogens is 228 g/mol. The first-order valence-corrected chi connectivity index (χ1v) is 6.51. The highest BCUT2D eigenvalue weighted by Crippen LogP contribution is 2.24. The van der Waals surface area contributed by atoms with Gasteiger partial charge in [-0.2, -0.15) is 0 Å². The topological polar surface area (TPSA) is 17.1 Å². The number of hydrogen-bond donors (Lipinski definition) is 0. The summed E-state index contributed by atoms with van der Waals surface area (Å²) in [6, 6.07) is 16.1. The molecule has 0 aliphatic rings. The molecular formula is C15H14OS. The second-order valence-corrected chi connectivity index (χ2v) is 4.95. The molecule has 0 heterocycles. The van der Waals surface area contributed by atoms with Crippen LogP contribution in [0.25, 0.3) is 0 Å². The summed E-state index contributed by atoms with van der Waals surface area (Å²) in [5.41, 5.74) is 3.41. The molecule has 0 fully saturated rings. The number of carbonyl (C=O) groups excluding carboxylic acids is 1. The quantitative estimate of drug-likeness (QED) is 0.593. The zero-order chi connectivity index (χ0) is 12.1. The Labute approximate surface area is 106 Å². The first kappa shape index (κ1) is 11.9. The van der Waals surface area contributed by atoms with Crippen molar-refractivity contribution in [3.63, 3.8) is 0 Å². The van der Waals surface area contributed by atoms with Crippen molar-refractivity contribution in [1.29, 1.82) is 0 Å². The number of thioether (sulfide) groups is 1. The van der Waals surface area contributed by atoms with Crippen molar-refractivity contribution in [2.24, 2.45) is 0 Å². The maximum absolute atomic E-state index is 10.5. The molecule has 0 radical (unpaired) electrons. The summed E-state index contributed by atoms with van der Waals surface area (Å²) in [6.07, 6.45) is 0.871. The average molecular weight is 242 g/mol. The molecule has 2 heteroatoms. The molecule has 1 nitrogen and oxygen atoms in total. The van der Waals surface area contributed by atoms with Crippen molar-refractivity contribution in [1.82, 2.24) is 0 Å². The molecule has 0 saturated carbocycles. The van der Waals surface area contributed by atoms with Crippen LogP contribution in [0.1, 0.15) is 21.5 Å².